The van der Waals surface area contributed by atoms with Crippen LogP contribution < -0.4 is 5.32 Å². The Morgan fingerprint density at radius 3 is 2.50 bits per heavy atom. The lowest BCUT2D eigenvalue weighted by Gasteiger charge is -2.42. The van der Waals surface area contributed by atoms with Crippen LogP contribution in [0.5, 0.6) is 0 Å². The van der Waals surface area contributed by atoms with Crippen LogP contribution in [-0.2, 0) is 0 Å². The van der Waals surface area contributed by atoms with Gasteiger partial charge in [0.2, 0.25) is 0 Å². The lowest BCUT2D eigenvalue weighted by molar-refractivity contribution is 0.148. The van der Waals surface area contributed by atoms with Crippen molar-refractivity contribution in [2.45, 2.75) is 52.5 Å². The zero-order valence-corrected chi connectivity index (χ0v) is 9.85. The third-order valence-electron chi connectivity index (χ3n) is 3.02. The number of hydrogen-bond donors (Lipinski definition) is 1. The fraction of sp³-hybridized carbons (Fsp3) is 0.917. The highest BCUT2D eigenvalue weighted by atomic mass is 15.0. The van der Waals surface area contributed by atoms with E-state index in [4.69, 9.17) is 0 Å². The second-order valence-corrected chi connectivity index (χ2v) is 5.73. The van der Waals surface area contributed by atoms with Crippen LogP contribution in [-0.4, -0.2) is 12.1 Å². The van der Waals surface area contributed by atoms with E-state index in [2.05, 4.69) is 39.1 Å². The number of rotatable bonds is 2. The van der Waals surface area contributed by atoms with Crippen molar-refractivity contribution in [1.82, 2.24) is 5.32 Å². The number of nitriles is 1. The molecule has 1 saturated heterocycles. The van der Waals surface area contributed by atoms with Crippen LogP contribution in [0.1, 0.15) is 47.0 Å². The Kier molecular flexibility index (Phi) is 3.21. The van der Waals surface area contributed by atoms with E-state index in [0.29, 0.717) is 5.92 Å². The summed E-state index contributed by atoms with van der Waals surface area (Å²) in [5.41, 5.74) is 0.0474. The first kappa shape index (κ1) is 11.5. The van der Waals surface area contributed by atoms with Gasteiger partial charge in [-0.15, -0.1) is 0 Å². The van der Waals surface area contributed by atoms with Gasteiger partial charge in [-0.3, -0.25) is 0 Å². The Morgan fingerprint density at radius 1 is 1.43 bits per heavy atom. The molecule has 1 aliphatic heterocycles. The van der Waals surface area contributed by atoms with Crippen molar-refractivity contribution in [3.05, 3.63) is 0 Å². The van der Waals surface area contributed by atoms with Gasteiger partial charge in [0.1, 0.15) is 0 Å². The minimum absolute atomic E-state index is 0.0804. The Morgan fingerprint density at radius 2 is 2.07 bits per heavy atom. The molecule has 1 fully saturated rings. The summed E-state index contributed by atoms with van der Waals surface area (Å²) in [6.07, 6.45) is 3.02. The molecule has 80 valence electrons. The maximum atomic E-state index is 9.34. The van der Waals surface area contributed by atoms with E-state index in [-0.39, 0.29) is 11.0 Å². The second kappa shape index (κ2) is 3.90. The monoisotopic (exact) mass is 194 g/mol. The molecule has 0 saturated carbocycles. The zero-order valence-electron chi connectivity index (χ0n) is 9.85. The van der Waals surface area contributed by atoms with Gasteiger partial charge in [0.15, 0.2) is 0 Å². The zero-order chi connectivity index (χ0) is 10.8. The Bertz CT molecular complexity index is 237. The van der Waals surface area contributed by atoms with E-state index in [1.165, 1.54) is 0 Å². The molecule has 2 heteroatoms. The summed E-state index contributed by atoms with van der Waals surface area (Å²) >= 11 is 0. The summed E-state index contributed by atoms with van der Waals surface area (Å²) in [5, 5.41) is 12.8. The van der Waals surface area contributed by atoms with Gasteiger partial charge in [0.25, 0.3) is 0 Å². The van der Waals surface area contributed by atoms with Crippen LogP contribution in [0, 0.1) is 22.7 Å². The van der Waals surface area contributed by atoms with Crippen LogP contribution >= 0.6 is 0 Å². The van der Waals surface area contributed by atoms with Gasteiger partial charge >= 0.3 is 0 Å². The normalized spacial score (nSPS) is 31.4. The molecule has 14 heavy (non-hydrogen) atoms. The maximum absolute atomic E-state index is 9.34. The minimum Gasteiger partial charge on any atom is -0.312 e. The average molecular weight is 194 g/mol. The average Bonchev–Trinajstić information content (AvgIpc) is 2.01. The van der Waals surface area contributed by atoms with E-state index < -0.39 is 0 Å². The summed E-state index contributed by atoms with van der Waals surface area (Å²) in [5.74, 6) is 0.614. The standard InChI is InChI=1S/C12H22N2/c1-10(2)7-12(9-13)5-6-14-11(3,4)8-12/h10,14H,5-8H2,1-4H3. The summed E-state index contributed by atoms with van der Waals surface area (Å²) < 4.78 is 0. The van der Waals surface area contributed by atoms with E-state index in [1.54, 1.807) is 0 Å². The van der Waals surface area contributed by atoms with Crippen molar-refractivity contribution in [2.24, 2.45) is 11.3 Å². The quantitative estimate of drug-likeness (QED) is 0.733. The molecule has 0 radical (unpaired) electrons. The van der Waals surface area contributed by atoms with Crippen molar-refractivity contribution < 1.29 is 0 Å². The molecule has 0 aromatic carbocycles. The first-order valence-electron chi connectivity index (χ1n) is 5.55. The molecule has 0 aromatic rings. The fourth-order valence-corrected chi connectivity index (χ4v) is 2.73. The first-order chi connectivity index (χ1) is 6.39. The van der Waals surface area contributed by atoms with Crippen LogP contribution in [0.3, 0.4) is 0 Å². The number of nitrogens with one attached hydrogen (secondary N) is 1. The Hall–Kier alpha value is -0.550. The topological polar surface area (TPSA) is 35.8 Å². The summed E-state index contributed by atoms with van der Waals surface area (Å²) in [6.45, 7) is 9.77. The Balaban J connectivity index is 2.75. The van der Waals surface area contributed by atoms with Crippen molar-refractivity contribution in [2.75, 3.05) is 6.54 Å². The fourth-order valence-electron chi connectivity index (χ4n) is 2.73. The second-order valence-electron chi connectivity index (χ2n) is 5.73. The first-order valence-corrected chi connectivity index (χ1v) is 5.55. The van der Waals surface area contributed by atoms with Crippen LogP contribution in [0.25, 0.3) is 0 Å². The molecule has 0 aromatic heterocycles. The predicted molar refractivity (Wildman–Crippen MR) is 58.8 cm³/mol. The van der Waals surface area contributed by atoms with Gasteiger partial charge < -0.3 is 5.32 Å². The van der Waals surface area contributed by atoms with Crippen molar-refractivity contribution in [3.63, 3.8) is 0 Å². The lowest BCUT2D eigenvalue weighted by Crippen LogP contribution is -2.50. The van der Waals surface area contributed by atoms with E-state index in [0.717, 1.165) is 25.8 Å². The molecule has 0 amide bonds. The van der Waals surface area contributed by atoms with Crippen molar-refractivity contribution in [1.29, 1.82) is 5.26 Å². The highest BCUT2D eigenvalue weighted by molar-refractivity contribution is 5.06. The molecule has 1 aliphatic rings. The van der Waals surface area contributed by atoms with Crippen LogP contribution in [0.2, 0.25) is 0 Å². The molecule has 0 aliphatic carbocycles. The molecule has 0 bridgehead atoms. The lowest BCUT2D eigenvalue weighted by atomic mass is 9.68. The van der Waals surface area contributed by atoms with E-state index >= 15 is 0 Å². The molecule has 1 unspecified atom stereocenters. The number of nitrogens with zero attached hydrogens (tertiary/aromatic N) is 1. The molecule has 1 atom stereocenters. The van der Waals surface area contributed by atoms with Gasteiger partial charge in [-0.2, -0.15) is 5.26 Å². The highest BCUT2D eigenvalue weighted by Gasteiger charge is 2.40. The van der Waals surface area contributed by atoms with Crippen molar-refractivity contribution >= 4 is 0 Å². The van der Waals surface area contributed by atoms with E-state index in [9.17, 15) is 5.26 Å². The minimum atomic E-state index is -0.0804. The molecular weight excluding hydrogens is 172 g/mol. The molecule has 1 N–H and O–H groups in total. The SMILES string of the molecule is CC(C)CC1(C#N)CCNC(C)(C)C1. The molecule has 1 rings (SSSR count). The molecule has 1 heterocycles. The molecule has 2 nitrogen and oxygen atoms in total. The van der Waals surface area contributed by atoms with Gasteiger partial charge in [-0.05, 0) is 45.6 Å². The number of hydrogen-bond acceptors (Lipinski definition) is 2. The molecular formula is C12H22N2. The summed E-state index contributed by atoms with van der Waals surface area (Å²) in [4.78, 5) is 0. The van der Waals surface area contributed by atoms with Crippen LogP contribution in [0.4, 0.5) is 0 Å². The number of piperidine rings is 1. The third-order valence-corrected chi connectivity index (χ3v) is 3.02. The van der Waals surface area contributed by atoms with Gasteiger partial charge in [0, 0.05) is 5.54 Å². The highest BCUT2D eigenvalue weighted by Crippen LogP contribution is 2.40. The Labute approximate surface area is 87.7 Å². The van der Waals surface area contributed by atoms with Gasteiger partial charge in [0.05, 0.1) is 11.5 Å². The van der Waals surface area contributed by atoms with Crippen LogP contribution in [0.15, 0.2) is 0 Å². The van der Waals surface area contributed by atoms with Gasteiger partial charge in [-0.25, -0.2) is 0 Å². The van der Waals surface area contributed by atoms with Gasteiger partial charge in [-0.1, -0.05) is 13.8 Å². The summed E-state index contributed by atoms with van der Waals surface area (Å²) in [7, 11) is 0. The third kappa shape index (κ3) is 2.72. The largest absolute Gasteiger partial charge is 0.312 e. The smallest absolute Gasteiger partial charge is 0.0691 e. The summed E-state index contributed by atoms with van der Waals surface area (Å²) in [6, 6.07) is 2.56. The molecule has 0 spiro atoms. The predicted octanol–water partition coefficient (Wildman–Crippen LogP) is 2.70. The van der Waals surface area contributed by atoms with E-state index in [1.807, 2.05) is 0 Å². The maximum Gasteiger partial charge on any atom is 0.0691 e. The van der Waals surface area contributed by atoms with Crippen molar-refractivity contribution in [3.8, 4) is 6.07 Å².